The number of aromatic amines is 1. The number of H-pyrrole nitrogens is 1. The number of carboxylic acids is 1. The highest BCUT2D eigenvalue weighted by molar-refractivity contribution is 5.92. The van der Waals surface area contributed by atoms with Gasteiger partial charge >= 0.3 is 5.97 Å². The molecule has 0 fully saturated rings. The van der Waals surface area contributed by atoms with Crippen molar-refractivity contribution in [1.29, 1.82) is 0 Å². The molecule has 0 spiro atoms. The zero-order chi connectivity index (χ0) is 15.0. The number of imidazole rings is 1. The summed E-state index contributed by atoms with van der Waals surface area (Å²) >= 11 is 0. The van der Waals surface area contributed by atoms with E-state index in [9.17, 15) is 13.6 Å². The first kappa shape index (κ1) is 13.2. The lowest BCUT2D eigenvalue weighted by atomic mass is 10.1. The fourth-order valence-corrected chi connectivity index (χ4v) is 2.13. The average Bonchev–Trinajstić information content (AvgIpc) is 2.81. The lowest BCUT2D eigenvalue weighted by Crippen LogP contribution is -1.99. The normalized spacial score (nSPS) is 11.0. The van der Waals surface area contributed by atoms with Gasteiger partial charge in [-0.1, -0.05) is 12.1 Å². The van der Waals surface area contributed by atoms with E-state index in [2.05, 4.69) is 9.97 Å². The van der Waals surface area contributed by atoms with Crippen molar-refractivity contribution in [1.82, 2.24) is 9.97 Å². The quantitative estimate of drug-likeness (QED) is 0.778. The molecule has 1 heterocycles. The third-order valence-corrected chi connectivity index (χ3v) is 3.13. The van der Waals surface area contributed by atoms with Crippen molar-refractivity contribution in [3.8, 4) is 0 Å². The van der Waals surface area contributed by atoms with Crippen molar-refractivity contribution < 1.29 is 18.7 Å². The standard InChI is InChI=1S/C15H10F2N2O2/c16-9-3-1-8(2-4-9)5-14-18-12-6-10(15(20)21)11(17)7-13(12)19-14/h1-4,6-7H,5H2,(H,18,19)(H,20,21). The number of hydrogen-bond acceptors (Lipinski definition) is 2. The van der Waals surface area contributed by atoms with Crippen LogP contribution in [0.1, 0.15) is 21.7 Å². The summed E-state index contributed by atoms with van der Waals surface area (Å²) in [4.78, 5) is 18.0. The van der Waals surface area contributed by atoms with Gasteiger partial charge in [0, 0.05) is 12.5 Å². The number of nitrogens with one attached hydrogen (secondary N) is 1. The van der Waals surface area contributed by atoms with E-state index >= 15 is 0 Å². The first-order valence-electron chi connectivity index (χ1n) is 6.19. The van der Waals surface area contributed by atoms with Gasteiger partial charge in [-0.05, 0) is 23.8 Å². The lowest BCUT2D eigenvalue weighted by molar-refractivity contribution is 0.0692. The van der Waals surface area contributed by atoms with Crippen LogP contribution < -0.4 is 0 Å². The number of fused-ring (bicyclic) bond motifs is 1. The highest BCUT2D eigenvalue weighted by atomic mass is 19.1. The van der Waals surface area contributed by atoms with Gasteiger partial charge < -0.3 is 10.1 Å². The molecule has 0 amide bonds. The third kappa shape index (κ3) is 2.60. The van der Waals surface area contributed by atoms with Gasteiger partial charge in [0.25, 0.3) is 0 Å². The first-order valence-corrected chi connectivity index (χ1v) is 6.19. The van der Waals surface area contributed by atoms with E-state index in [-0.39, 0.29) is 5.82 Å². The monoisotopic (exact) mass is 288 g/mol. The van der Waals surface area contributed by atoms with E-state index in [1.807, 2.05) is 0 Å². The lowest BCUT2D eigenvalue weighted by Gasteiger charge is -1.97. The second kappa shape index (κ2) is 4.97. The van der Waals surface area contributed by atoms with Gasteiger partial charge in [0.2, 0.25) is 0 Å². The van der Waals surface area contributed by atoms with Crippen molar-refractivity contribution in [2.45, 2.75) is 6.42 Å². The smallest absolute Gasteiger partial charge is 0.338 e. The van der Waals surface area contributed by atoms with Gasteiger partial charge in [0.05, 0.1) is 16.6 Å². The molecule has 1 aromatic heterocycles. The van der Waals surface area contributed by atoms with Crippen LogP contribution in [0, 0.1) is 11.6 Å². The molecule has 21 heavy (non-hydrogen) atoms. The van der Waals surface area contributed by atoms with E-state index < -0.39 is 17.3 Å². The van der Waals surface area contributed by atoms with Crippen molar-refractivity contribution in [3.63, 3.8) is 0 Å². The second-order valence-electron chi connectivity index (χ2n) is 4.64. The Kier molecular flexibility index (Phi) is 3.13. The van der Waals surface area contributed by atoms with E-state index in [1.165, 1.54) is 18.2 Å². The summed E-state index contributed by atoms with van der Waals surface area (Å²) in [6.07, 6.45) is 0.416. The predicted octanol–water partition coefficient (Wildman–Crippen LogP) is 3.13. The number of aromatic nitrogens is 2. The molecule has 0 bridgehead atoms. The van der Waals surface area contributed by atoms with Gasteiger partial charge in [-0.25, -0.2) is 18.6 Å². The Morgan fingerprint density at radius 2 is 1.90 bits per heavy atom. The topological polar surface area (TPSA) is 66.0 Å². The van der Waals surface area contributed by atoms with Gasteiger partial charge in [-0.15, -0.1) is 0 Å². The van der Waals surface area contributed by atoms with E-state index in [1.54, 1.807) is 12.1 Å². The summed E-state index contributed by atoms with van der Waals surface area (Å²) in [6, 6.07) is 8.26. The maximum atomic E-state index is 13.6. The maximum absolute atomic E-state index is 13.6. The molecule has 0 unspecified atom stereocenters. The Labute approximate surface area is 118 Å². The summed E-state index contributed by atoms with van der Waals surface area (Å²) in [5.74, 6) is -1.92. The summed E-state index contributed by atoms with van der Waals surface area (Å²) in [6.45, 7) is 0. The predicted molar refractivity (Wildman–Crippen MR) is 72.2 cm³/mol. The van der Waals surface area contributed by atoms with Crippen LogP contribution in [-0.4, -0.2) is 21.0 Å². The number of carboxylic acid groups (broad SMARTS) is 1. The Balaban J connectivity index is 1.97. The Morgan fingerprint density at radius 3 is 2.57 bits per heavy atom. The third-order valence-electron chi connectivity index (χ3n) is 3.13. The highest BCUT2D eigenvalue weighted by Gasteiger charge is 2.14. The van der Waals surface area contributed by atoms with Crippen LogP contribution in [0.15, 0.2) is 36.4 Å². The summed E-state index contributed by atoms with van der Waals surface area (Å²) in [7, 11) is 0. The molecular weight excluding hydrogens is 278 g/mol. The largest absolute Gasteiger partial charge is 0.478 e. The fourth-order valence-electron chi connectivity index (χ4n) is 2.13. The van der Waals surface area contributed by atoms with Crippen LogP contribution in [0.3, 0.4) is 0 Å². The Morgan fingerprint density at radius 1 is 1.19 bits per heavy atom. The SMILES string of the molecule is O=C(O)c1cc2nc(Cc3ccc(F)cc3)[nH]c2cc1F. The summed E-state index contributed by atoms with van der Waals surface area (Å²) in [5, 5.41) is 8.88. The molecule has 0 atom stereocenters. The minimum Gasteiger partial charge on any atom is -0.478 e. The highest BCUT2D eigenvalue weighted by Crippen LogP contribution is 2.19. The van der Waals surface area contributed by atoms with Crippen molar-refractivity contribution in [3.05, 3.63) is 65.0 Å². The number of carbonyl (C=O) groups is 1. The zero-order valence-corrected chi connectivity index (χ0v) is 10.7. The van der Waals surface area contributed by atoms with Crippen molar-refractivity contribution in [2.75, 3.05) is 0 Å². The molecule has 2 N–H and O–H groups in total. The van der Waals surface area contributed by atoms with E-state index in [0.29, 0.717) is 23.3 Å². The molecule has 0 radical (unpaired) electrons. The zero-order valence-electron chi connectivity index (χ0n) is 10.7. The molecular formula is C15H10F2N2O2. The molecule has 3 rings (SSSR count). The number of halogens is 2. The molecule has 0 aliphatic rings. The number of nitrogens with zero attached hydrogens (tertiary/aromatic N) is 1. The molecule has 106 valence electrons. The fraction of sp³-hybridized carbons (Fsp3) is 0.0667. The molecule has 0 aliphatic carbocycles. The Hall–Kier alpha value is -2.76. The second-order valence-corrected chi connectivity index (χ2v) is 4.64. The van der Waals surface area contributed by atoms with Gasteiger partial charge in [0.1, 0.15) is 17.5 Å². The van der Waals surface area contributed by atoms with Crippen LogP contribution in [0.4, 0.5) is 8.78 Å². The van der Waals surface area contributed by atoms with Crippen LogP contribution in [-0.2, 0) is 6.42 Å². The van der Waals surface area contributed by atoms with Crippen LogP contribution in [0.5, 0.6) is 0 Å². The maximum Gasteiger partial charge on any atom is 0.338 e. The van der Waals surface area contributed by atoms with Crippen molar-refractivity contribution >= 4 is 17.0 Å². The van der Waals surface area contributed by atoms with Gasteiger partial charge in [-0.3, -0.25) is 0 Å². The molecule has 0 aliphatic heterocycles. The number of aromatic carboxylic acids is 1. The Bertz CT molecular complexity index is 826. The molecule has 2 aromatic carbocycles. The number of benzene rings is 2. The molecule has 3 aromatic rings. The van der Waals surface area contributed by atoms with Crippen LogP contribution in [0.25, 0.3) is 11.0 Å². The number of hydrogen-bond donors (Lipinski definition) is 2. The van der Waals surface area contributed by atoms with Gasteiger partial charge in [0.15, 0.2) is 0 Å². The molecule has 0 saturated carbocycles. The number of rotatable bonds is 3. The molecule has 0 saturated heterocycles. The van der Waals surface area contributed by atoms with Crippen molar-refractivity contribution in [2.24, 2.45) is 0 Å². The van der Waals surface area contributed by atoms with Crippen LogP contribution in [0.2, 0.25) is 0 Å². The van der Waals surface area contributed by atoms with E-state index in [0.717, 1.165) is 11.6 Å². The van der Waals surface area contributed by atoms with Crippen LogP contribution >= 0.6 is 0 Å². The van der Waals surface area contributed by atoms with E-state index in [4.69, 9.17) is 5.11 Å². The summed E-state index contributed by atoms with van der Waals surface area (Å²) in [5.41, 5.74) is 1.23. The first-order chi connectivity index (χ1) is 10.0. The molecule has 4 nitrogen and oxygen atoms in total. The summed E-state index contributed by atoms with van der Waals surface area (Å²) < 4.78 is 26.4. The average molecular weight is 288 g/mol. The molecule has 6 heteroatoms. The van der Waals surface area contributed by atoms with Gasteiger partial charge in [-0.2, -0.15) is 0 Å². The minimum atomic E-state index is -1.34. The minimum absolute atomic E-state index is 0.323.